The number of ether oxygens (including phenoxy) is 2. The van der Waals surface area contributed by atoms with Gasteiger partial charge < -0.3 is 14.8 Å². The molecule has 0 amide bonds. The Kier molecular flexibility index (Phi) is 8.39. The van der Waals surface area contributed by atoms with Crippen LogP contribution in [-0.4, -0.2) is 40.0 Å². The van der Waals surface area contributed by atoms with Crippen molar-refractivity contribution in [3.05, 3.63) is 39.7 Å². The van der Waals surface area contributed by atoms with Gasteiger partial charge in [-0.3, -0.25) is 0 Å². The second kappa shape index (κ2) is 9.56. The molecular weight excluding hydrogens is 427 g/mol. The average molecular weight is 446 g/mol. The molecule has 0 bridgehead atoms. The minimum atomic E-state index is -5.45. The lowest BCUT2D eigenvalue weighted by molar-refractivity contribution is -0.131. The van der Waals surface area contributed by atoms with E-state index in [-0.39, 0.29) is 23.2 Å². The summed E-state index contributed by atoms with van der Waals surface area (Å²) < 4.78 is 72.4. The molecule has 0 aliphatic heterocycles. The summed E-state index contributed by atoms with van der Waals surface area (Å²) in [5.74, 6) is 0. The van der Waals surface area contributed by atoms with Gasteiger partial charge in [0, 0.05) is 17.7 Å². The standard InChI is InChI=1S/C15H19BrF3NO4S/c1-3-23-14(24-4-2)9-20-13(10-25(21,22)15(17,18)19)11-5-7-12(16)8-6-11/h5-8,10,14,20H,3-4,9H2,1-2H3/b13-10+. The highest BCUT2D eigenvalue weighted by molar-refractivity contribution is 9.10. The summed E-state index contributed by atoms with van der Waals surface area (Å²) in [5, 5.41) is 2.84. The van der Waals surface area contributed by atoms with Crippen molar-refractivity contribution in [3.8, 4) is 0 Å². The summed E-state index contributed by atoms with van der Waals surface area (Å²) in [7, 11) is -5.45. The fourth-order valence-electron chi connectivity index (χ4n) is 1.79. The molecular formula is C15H19BrF3NO4S. The smallest absolute Gasteiger partial charge is 0.379 e. The van der Waals surface area contributed by atoms with Crippen molar-refractivity contribution in [3.63, 3.8) is 0 Å². The van der Waals surface area contributed by atoms with E-state index in [1.807, 2.05) is 0 Å². The quantitative estimate of drug-likeness (QED) is 0.587. The highest BCUT2D eigenvalue weighted by Gasteiger charge is 2.44. The first-order chi connectivity index (χ1) is 11.6. The maximum absolute atomic E-state index is 12.7. The number of hydrogen-bond acceptors (Lipinski definition) is 5. The SMILES string of the molecule is CCOC(CN/C(=C/S(=O)(=O)C(F)(F)F)c1ccc(Br)cc1)OCC. The molecule has 5 nitrogen and oxygen atoms in total. The van der Waals surface area contributed by atoms with Gasteiger partial charge in [-0.25, -0.2) is 8.42 Å². The molecule has 1 aromatic rings. The Morgan fingerprint density at radius 1 is 1.20 bits per heavy atom. The van der Waals surface area contributed by atoms with Crippen LogP contribution in [0.3, 0.4) is 0 Å². The highest BCUT2D eigenvalue weighted by atomic mass is 79.9. The first kappa shape index (κ1) is 21.9. The van der Waals surface area contributed by atoms with Crippen molar-refractivity contribution in [2.24, 2.45) is 0 Å². The van der Waals surface area contributed by atoms with Gasteiger partial charge in [-0.15, -0.1) is 0 Å². The lowest BCUT2D eigenvalue weighted by Crippen LogP contribution is -2.31. The van der Waals surface area contributed by atoms with E-state index in [1.165, 1.54) is 12.1 Å². The zero-order chi connectivity index (χ0) is 19.1. The lowest BCUT2D eigenvalue weighted by atomic mass is 10.2. The van der Waals surface area contributed by atoms with E-state index in [1.54, 1.807) is 26.0 Å². The average Bonchev–Trinajstić information content (AvgIpc) is 2.51. The zero-order valence-corrected chi connectivity index (χ0v) is 16.0. The van der Waals surface area contributed by atoms with Crippen LogP contribution in [0.2, 0.25) is 0 Å². The summed E-state index contributed by atoms with van der Waals surface area (Å²) in [5.41, 5.74) is -5.30. The van der Waals surface area contributed by atoms with Crippen LogP contribution in [0.25, 0.3) is 5.70 Å². The van der Waals surface area contributed by atoms with Crippen molar-refractivity contribution in [2.75, 3.05) is 19.8 Å². The monoisotopic (exact) mass is 445 g/mol. The van der Waals surface area contributed by atoms with E-state index in [4.69, 9.17) is 9.47 Å². The summed E-state index contributed by atoms with van der Waals surface area (Å²) in [4.78, 5) is 0. The van der Waals surface area contributed by atoms with E-state index in [2.05, 4.69) is 21.2 Å². The minimum absolute atomic E-state index is 0.0169. The Morgan fingerprint density at radius 3 is 2.16 bits per heavy atom. The molecule has 0 heterocycles. The molecule has 0 spiro atoms. The normalized spacial score (nSPS) is 13.3. The second-order valence-electron chi connectivity index (χ2n) is 4.75. The largest absolute Gasteiger partial charge is 0.501 e. The van der Waals surface area contributed by atoms with Crippen molar-refractivity contribution < 1.29 is 31.1 Å². The number of nitrogens with one attached hydrogen (secondary N) is 1. The summed E-state index contributed by atoms with van der Waals surface area (Å²) >= 11 is 3.21. The third-order valence-corrected chi connectivity index (χ3v) is 4.64. The van der Waals surface area contributed by atoms with Crippen LogP contribution in [0.15, 0.2) is 34.1 Å². The van der Waals surface area contributed by atoms with Crippen LogP contribution in [-0.2, 0) is 19.3 Å². The van der Waals surface area contributed by atoms with Crippen LogP contribution in [0.4, 0.5) is 13.2 Å². The third kappa shape index (κ3) is 6.96. The van der Waals surface area contributed by atoms with E-state index in [0.29, 0.717) is 17.7 Å². The van der Waals surface area contributed by atoms with E-state index >= 15 is 0 Å². The molecule has 142 valence electrons. The predicted octanol–water partition coefficient (Wildman–Crippen LogP) is 3.67. The Labute approximate surface area is 153 Å². The van der Waals surface area contributed by atoms with Crippen molar-refractivity contribution in [1.82, 2.24) is 5.32 Å². The van der Waals surface area contributed by atoms with Crippen molar-refractivity contribution in [1.29, 1.82) is 0 Å². The number of rotatable bonds is 9. The number of sulfone groups is 1. The molecule has 0 radical (unpaired) electrons. The molecule has 1 rings (SSSR count). The van der Waals surface area contributed by atoms with Gasteiger partial charge in [0.2, 0.25) is 0 Å². The Hall–Kier alpha value is -1.10. The van der Waals surface area contributed by atoms with Gasteiger partial charge in [0.05, 0.1) is 17.6 Å². The first-order valence-corrected chi connectivity index (χ1v) is 9.70. The van der Waals surface area contributed by atoms with Gasteiger partial charge in [-0.05, 0) is 31.5 Å². The topological polar surface area (TPSA) is 64.6 Å². The fourth-order valence-corrected chi connectivity index (χ4v) is 2.72. The minimum Gasteiger partial charge on any atom is -0.379 e. The van der Waals surface area contributed by atoms with Crippen LogP contribution in [0.5, 0.6) is 0 Å². The Balaban J connectivity index is 3.14. The molecule has 0 atom stereocenters. The van der Waals surface area contributed by atoms with Crippen LogP contribution < -0.4 is 5.32 Å². The molecule has 1 aromatic carbocycles. The van der Waals surface area contributed by atoms with Crippen molar-refractivity contribution in [2.45, 2.75) is 25.6 Å². The molecule has 25 heavy (non-hydrogen) atoms. The molecule has 0 saturated carbocycles. The Bertz CT molecular complexity index is 669. The van der Waals surface area contributed by atoms with Crippen molar-refractivity contribution >= 4 is 31.5 Å². The van der Waals surface area contributed by atoms with Crippen LogP contribution in [0, 0.1) is 0 Å². The van der Waals surface area contributed by atoms with Gasteiger partial charge >= 0.3 is 5.51 Å². The molecule has 1 N–H and O–H groups in total. The summed E-state index contributed by atoms with van der Waals surface area (Å²) in [6, 6.07) is 6.16. The van der Waals surface area contributed by atoms with E-state index in [9.17, 15) is 21.6 Å². The van der Waals surface area contributed by atoms with Gasteiger partial charge in [-0.1, -0.05) is 28.1 Å². The van der Waals surface area contributed by atoms with E-state index in [0.717, 1.165) is 0 Å². The predicted molar refractivity (Wildman–Crippen MR) is 92.1 cm³/mol. The molecule has 10 heteroatoms. The van der Waals surface area contributed by atoms with Gasteiger partial charge in [0.25, 0.3) is 9.84 Å². The highest BCUT2D eigenvalue weighted by Crippen LogP contribution is 2.27. The molecule has 0 aliphatic rings. The summed E-state index contributed by atoms with van der Waals surface area (Å²) in [6.07, 6.45) is -0.720. The number of hydrogen-bond donors (Lipinski definition) is 1. The van der Waals surface area contributed by atoms with Gasteiger partial charge in [-0.2, -0.15) is 13.2 Å². The number of halogens is 4. The number of benzene rings is 1. The second-order valence-corrected chi connectivity index (χ2v) is 7.45. The van der Waals surface area contributed by atoms with Crippen LogP contribution in [0.1, 0.15) is 19.4 Å². The molecule has 0 saturated heterocycles. The Morgan fingerprint density at radius 2 is 1.72 bits per heavy atom. The number of alkyl halides is 3. The third-order valence-electron chi connectivity index (χ3n) is 2.92. The molecule has 0 aliphatic carbocycles. The lowest BCUT2D eigenvalue weighted by Gasteiger charge is -2.20. The van der Waals surface area contributed by atoms with Gasteiger partial charge in [0.1, 0.15) is 0 Å². The van der Waals surface area contributed by atoms with Gasteiger partial charge in [0.15, 0.2) is 6.29 Å². The maximum atomic E-state index is 12.7. The van der Waals surface area contributed by atoms with Crippen LogP contribution >= 0.6 is 15.9 Å². The zero-order valence-electron chi connectivity index (χ0n) is 13.6. The molecule has 0 aromatic heterocycles. The first-order valence-electron chi connectivity index (χ1n) is 7.36. The maximum Gasteiger partial charge on any atom is 0.501 e. The molecule has 0 unspecified atom stereocenters. The fraction of sp³-hybridized carbons (Fsp3) is 0.467. The van der Waals surface area contributed by atoms with E-state index < -0.39 is 21.6 Å². The molecule has 0 fully saturated rings. The summed E-state index contributed by atoms with van der Waals surface area (Å²) in [6.45, 7) is 4.14.